The lowest BCUT2D eigenvalue weighted by Crippen LogP contribution is -2.13. The van der Waals surface area contributed by atoms with Crippen LogP contribution in [0.15, 0.2) is 42.5 Å². The number of benzene rings is 2. The Labute approximate surface area is 127 Å². The third-order valence-corrected chi connectivity index (χ3v) is 3.67. The second kappa shape index (κ2) is 6.31. The monoisotopic (exact) mass is 283 g/mol. The number of nitrogens with two attached hydrogens (primary N) is 1. The molecule has 0 amide bonds. The maximum absolute atomic E-state index is 6.18. The Bertz CT molecular complexity index is 611. The van der Waals surface area contributed by atoms with Gasteiger partial charge in [-0.05, 0) is 29.5 Å². The van der Waals surface area contributed by atoms with Crippen molar-refractivity contribution in [3.63, 3.8) is 0 Å². The maximum Gasteiger partial charge on any atom is 0.131 e. The van der Waals surface area contributed by atoms with Gasteiger partial charge in [-0.25, -0.2) is 0 Å². The normalized spacial score (nSPS) is 11.5. The van der Waals surface area contributed by atoms with Crippen LogP contribution in [0.5, 0.6) is 11.5 Å². The predicted octanol–water partition coefficient (Wildman–Crippen LogP) is 4.80. The molecule has 0 unspecified atom stereocenters. The van der Waals surface area contributed by atoms with Gasteiger partial charge in [-0.3, -0.25) is 0 Å². The van der Waals surface area contributed by atoms with Crippen LogP contribution in [0, 0.1) is 0 Å². The van der Waals surface area contributed by atoms with Gasteiger partial charge in [-0.2, -0.15) is 0 Å². The van der Waals surface area contributed by atoms with E-state index in [-0.39, 0.29) is 5.41 Å². The van der Waals surface area contributed by atoms with Crippen molar-refractivity contribution in [2.75, 3.05) is 0 Å². The Morgan fingerprint density at radius 3 is 2.33 bits per heavy atom. The molecule has 2 nitrogen and oxygen atoms in total. The van der Waals surface area contributed by atoms with E-state index in [0.29, 0.717) is 6.54 Å². The zero-order chi connectivity index (χ0) is 15.5. The molecule has 0 saturated heterocycles. The molecule has 0 atom stereocenters. The first-order valence-corrected chi connectivity index (χ1v) is 7.55. The summed E-state index contributed by atoms with van der Waals surface area (Å²) < 4.78 is 6.18. The van der Waals surface area contributed by atoms with Crippen LogP contribution in [0.1, 0.15) is 44.4 Å². The fourth-order valence-corrected chi connectivity index (χ4v) is 2.36. The predicted molar refractivity (Wildman–Crippen MR) is 88.9 cm³/mol. The molecule has 0 aromatic heterocycles. The molecule has 0 radical (unpaired) electrons. The second-order valence-corrected chi connectivity index (χ2v) is 6.35. The molecule has 0 heterocycles. The summed E-state index contributed by atoms with van der Waals surface area (Å²) in [5.74, 6) is 1.76. The van der Waals surface area contributed by atoms with Crippen LogP contribution in [-0.4, -0.2) is 0 Å². The topological polar surface area (TPSA) is 35.2 Å². The molecule has 2 heteroatoms. The van der Waals surface area contributed by atoms with Gasteiger partial charge in [-0.1, -0.05) is 58.0 Å². The molecule has 0 bridgehead atoms. The number of hydrogen-bond acceptors (Lipinski definition) is 2. The Hall–Kier alpha value is -1.80. The van der Waals surface area contributed by atoms with Gasteiger partial charge in [-0.15, -0.1) is 0 Å². The number of ether oxygens (including phenoxy) is 1. The summed E-state index contributed by atoms with van der Waals surface area (Å²) >= 11 is 0. The number of hydrogen-bond donors (Lipinski definition) is 1. The minimum atomic E-state index is 0.0399. The number of rotatable bonds is 4. The quantitative estimate of drug-likeness (QED) is 0.875. The molecule has 2 N–H and O–H groups in total. The van der Waals surface area contributed by atoms with Gasteiger partial charge >= 0.3 is 0 Å². The van der Waals surface area contributed by atoms with Crippen LogP contribution in [0.4, 0.5) is 0 Å². The standard InChI is InChI=1S/C19H25NO/c1-5-14-10-11-18(16(12-14)19(2,3)4)21-17-9-7-6-8-15(17)13-20/h6-12H,5,13,20H2,1-4H3. The summed E-state index contributed by atoms with van der Waals surface area (Å²) in [4.78, 5) is 0. The minimum absolute atomic E-state index is 0.0399. The molecule has 2 aromatic carbocycles. The first kappa shape index (κ1) is 15.6. The lowest BCUT2D eigenvalue weighted by atomic mass is 9.85. The van der Waals surface area contributed by atoms with E-state index in [4.69, 9.17) is 10.5 Å². The first-order chi connectivity index (χ1) is 9.95. The molecule has 0 aliphatic carbocycles. The smallest absolute Gasteiger partial charge is 0.131 e. The molecule has 2 aromatic rings. The van der Waals surface area contributed by atoms with Crippen molar-refractivity contribution in [2.24, 2.45) is 5.73 Å². The molecule has 2 rings (SSSR count). The minimum Gasteiger partial charge on any atom is -0.457 e. The fourth-order valence-electron chi connectivity index (χ4n) is 2.36. The van der Waals surface area contributed by atoms with E-state index in [9.17, 15) is 0 Å². The van der Waals surface area contributed by atoms with Crippen LogP contribution < -0.4 is 10.5 Å². The maximum atomic E-state index is 6.18. The molecule has 0 fully saturated rings. The van der Waals surface area contributed by atoms with E-state index in [1.54, 1.807) is 0 Å². The summed E-state index contributed by atoms with van der Waals surface area (Å²) in [6.07, 6.45) is 1.03. The lowest BCUT2D eigenvalue weighted by molar-refractivity contribution is 0.450. The van der Waals surface area contributed by atoms with Crippen LogP contribution in [0.25, 0.3) is 0 Å². The van der Waals surface area contributed by atoms with Gasteiger partial charge in [0.05, 0.1) is 0 Å². The summed E-state index contributed by atoms with van der Waals surface area (Å²) in [5, 5.41) is 0. The highest BCUT2D eigenvalue weighted by Crippen LogP contribution is 2.36. The lowest BCUT2D eigenvalue weighted by Gasteiger charge is -2.24. The third kappa shape index (κ3) is 3.64. The Balaban J connectivity index is 2.44. The summed E-state index contributed by atoms with van der Waals surface area (Å²) in [7, 11) is 0. The zero-order valence-electron chi connectivity index (χ0n) is 13.4. The van der Waals surface area contributed by atoms with Gasteiger partial charge in [0, 0.05) is 17.7 Å². The summed E-state index contributed by atoms with van der Waals surface area (Å²) in [6, 6.07) is 14.4. The average Bonchev–Trinajstić information content (AvgIpc) is 2.47. The highest BCUT2D eigenvalue weighted by Gasteiger charge is 2.20. The molecule has 0 saturated carbocycles. The SMILES string of the molecule is CCc1ccc(Oc2ccccc2CN)c(C(C)(C)C)c1. The summed E-state index contributed by atoms with van der Waals surface area (Å²) in [5.41, 5.74) is 9.42. The highest BCUT2D eigenvalue weighted by molar-refractivity contribution is 5.45. The van der Waals surface area contributed by atoms with Gasteiger partial charge in [0.2, 0.25) is 0 Å². The number of para-hydroxylation sites is 1. The van der Waals surface area contributed by atoms with E-state index in [1.165, 1.54) is 11.1 Å². The van der Waals surface area contributed by atoms with Gasteiger partial charge in [0.1, 0.15) is 11.5 Å². The second-order valence-electron chi connectivity index (χ2n) is 6.35. The average molecular weight is 283 g/mol. The van der Waals surface area contributed by atoms with Crippen molar-refractivity contribution in [2.45, 2.75) is 46.1 Å². The molecule has 0 aliphatic heterocycles. The molecular formula is C19H25NO. The Morgan fingerprint density at radius 1 is 1.00 bits per heavy atom. The van der Waals surface area contributed by atoms with Crippen LogP contribution >= 0.6 is 0 Å². The van der Waals surface area contributed by atoms with Gasteiger partial charge < -0.3 is 10.5 Å². The van der Waals surface area contributed by atoms with Crippen molar-refractivity contribution in [3.05, 3.63) is 59.2 Å². The van der Waals surface area contributed by atoms with Crippen LogP contribution in [-0.2, 0) is 18.4 Å². The van der Waals surface area contributed by atoms with Gasteiger partial charge in [0.25, 0.3) is 0 Å². The van der Waals surface area contributed by atoms with Crippen LogP contribution in [0.3, 0.4) is 0 Å². The van der Waals surface area contributed by atoms with E-state index in [1.807, 2.05) is 24.3 Å². The molecule has 0 spiro atoms. The molecule has 21 heavy (non-hydrogen) atoms. The van der Waals surface area contributed by atoms with Crippen molar-refractivity contribution in [3.8, 4) is 11.5 Å². The molecule has 112 valence electrons. The molecular weight excluding hydrogens is 258 g/mol. The Kier molecular flexibility index (Phi) is 4.69. The largest absolute Gasteiger partial charge is 0.457 e. The van der Waals surface area contributed by atoms with Crippen LogP contribution in [0.2, 0.25) is 0 Å². The van der Waals surface area contributed by atoms with Crippen molar-refractivity contribution in [1.29, 1.82) is 0 Å². The van der Waals surface area contributed by atoms with Crippen molar-refractivity contribution < 1.29 is 4.74 Å². The molecule has 0 aliphatic rings. The Morgan fingerprint density at radius 2 is 1.71 bits per heavy atom. The first-order valence-electron chi connectivity index (χ1n) is 7.55. The fraction of sp³-hybridized carbons (Fsp3) is 0.368. The number of aryl methyl sites for hydroxylation is 1. The van der Waals surface area contributed by atoms with E-state index in [0.717, 1.165) is 23.5 Å². The summed E-state index contributed by atoms with van der Waals surface area (Å²) in [6.45, 7) is 9.29. The van der Waals surface area contributed by atoms with E-state index < -0.39 is 0 Å². The highest BCUT2D eigenvalue weighted by atomic mass is 16.5. The van der Waals surface area contributed by atoms with E-state index >= 15 is 0 Å². The van der Waals surface area contributed by atoms with Crippen molar-refractivity contribution in [1.82, 2.24) is 0 Å². The third-order valence-electron chi connectivity index (χ3n) is 3.67. The van der Waals surface area contributed by atoms with Gasteiger partial charge in [0.15, 0.2) is 0 Å². The van der Waals surface area contributed by atoms with Crippen molar-refractivity contribution >= 4 is 0 Å². The van der Waals surface area contributed by atoms with E-state index in [2.05, 4.69) is 45.9 Å². The zero-order valence-corrected chi connectivity index (χ0v) is 13.4.